The summed E-state index contributed by atoms with van der Waals surface area (Å²) in [6.07, 6.45) is 4.64. The quantitative estimate of drug-likeness (QED) is 0.450. The minimum Gasteiger partial charge on any atom is -0.481 e. The number of carbonyl (C=O) groups is 2. The number of rotatable bonds is 4. The average Bonchev–Trinajstić information content (AvgIpc) is 3.10. The fraction of sp³-hybridized carbons (Fsp3) is 0.667. The van der Waals surface area contributed by atoms with E-state index in [4.69, 9.17) is 9.47 Å². The first-order valence-electron chi connectivity index (χ1n) is 5.73. The highest BCUT2D eigenvalue weighted by Gasteiger charge is 2.45. The van der Waals surface area contributed by atoms with E-state index in [-0.39, 0.29) is 12.7 Å². The van der Waals surface area contributed by atoms with Crippen LogP contribution in [-0.2, 0) is 19.1 Å². The zero-order chi connectivity index (χ0) is 12.5. The van der Waals surface area contributed by atoms with Crippen LogP contribution in [0.4, 0.5) is 0 Å². The lowest BCUT2D eigenvalue weighted by Crippen LogP contribution is -2.41. The molecule has 17 heavy (non-hydrogen) atoms. The zero-order valence-corrected chi connectivity index (χ0v) is 9.72. The molecule has 1 saturated heterocycles. The molecule has 1 fully saturated rings. The fourth-order valence-corrected chi connectivity index (χ4v) is 2.03. The van der Waals surface area contributed by atoms with Crippen molar-refractivity contribution in [1.82, 2.24) is 0 Å². The molecular formula is C12H16O5. The molecule has 0 bridgehead atoms. The number of ether oxygens (including phenoxy) is 2. The van der Waals surface area contributed by atoms with Crippen molar-refractivity contribution in [3.8, 4) is 0 Å². The third kappa shape index (κ3) is 2.49. The molecule has 2 rings (SSSR count). The second-order valence-corrected chi connectivity index (χ2v) is 4.71. The molecule has 1 aliphatic carbocycles. The van der Waals surface area contributed by atoms with E-state index in [9.17, 15) is 14.7 Å². The maximum atomic E-state index is 11.9. The molecule has 94 valence electrons. The van der Waals surface area contributed by atoms with Gasteiger partial charge in [0.1, 0.15) is 12.7 Å². The van der Waals surface area contributed by atoms with Gasteiger partial charge in [-0.2, -0.15) is 0 Å². The minimum absolute atomic E-state index is 0.00849. The molecule has 1 N–H and O–H groups in total. The van der Waals surface area contributed by atoms with Gasteiger partial charge in [-0.25, -0.2) is 0 Å². The number of hydrogen-bond donors (Lipinski definition) is 1. The summed E-state index contributed by atoms with van der Waals surface area (Å²) in [4.78, 5) is 23.1. The van der Waals surface area contributed by atoms with Crippen molar-refractivity contribution in [2.45, 2.75) is 25.9 Å². The summed E-state index contributed by atoms with van der Waals surface area (Å²) in [5, 5.41) is 9.22. The molecule has 3 unspecified atom stereocenters. The van der Waals surface area contributed by atoms with Crippen molar-refractivity contribution in [1.29, 1.82) is 0 Å². The van der Waals surface area contributed by atoms with Crippen LogP contribution in [0.15, 0.2) is 12.2 Å². The molecule has 0 spiro atoms. The average molecular weight is 240 g/mol. The van der Waals surface area contributed by atoms with Gasteiger partial charge >= 0.3 is 11.9 Å². The van der Waals surface area contributed by atoms with Crippen molar-refractivity contribution in [3.63, 3.8) is 0 Å². The van der Waals surface area contributed by atoms with Gasteiger partial charge in [-0.1, -0.05) is 12.2 Å². The number of epoxide rings is 1. The van der Waals surface area contributed by atoms with Crippen LogP contribution in [-0.4, -0.2) is 36.4 Å². The normalized spacial score (nSPS) is 35.4. The summed E-state index contributed by atoms with van der Waals surface area (Å²) in [5.41, 5.74) is -1.15. The van der Waals surface area contributed by atoms with E-state index in [0.717, 1.165) is 0 Å². The minimum atomic E-state index is -1.15. The second-order valence-electron chi connectivity index (χ2n) is 4.71. The predicted octanol–water partition coefficient (Wildman–Crippen LogP) is 0.986. The van der Waals surface area contributed by atoms with Crippen LogP contribution < -0.4 is 0 Å². The topological polar surface area (TPSA) is 76.1 Å². The van der Waals surface area contributed by atoms with Crippen LogP contribution in [0, 0.1) is 11.3 Å². The van der Waals surface area contributed by atoms with E-state index >= 15 is 0 Å². The monoisotopic (exact) mass is 240 g/mol. The van der Waals surface area contributed by atoms with Gasteiger partial charge < -0.3 is 14.6 Å². The Morgan fingerprint density at radius 1 is 1.59 bits per heavy atom. The Kier molecular flexibility index (Phi) is 3.19. The lowest BCUT2D eigenvalue weighted by Gasteiger charge is -2.32. The zero-order valence-electron chi connectivity index (χ0n) is 9.72. The lowest BCUT2D eigenvalue weighted by molar-refractivity contribution is -0.162. The van der Waals surface area contributed by atoms with Crippen molar-refractivity contribution >= 4 is 11.9 Å². The summed E-state index contributed by atoms with van der Waals surface area (Å²) < 4.78 is 10.0. The highest BCUT2D eigenvalue weighted by molar-refractivity contribution is 5.86. The highest BCUT2D eigenvalue weighted by Crippen LogP contribution is 2.37. The summed E-state index contributed by atoms with van der Waals surface area (Å²) >= 11 is 0. The van der Waals surface area contributed by atoms with E-state index in [1.54, 1.807) is 13.0 Å². The number of esters is 1. The summed E-state index contributed by atoms with van der Waals surface area (Å²) in [6.45, 7) is 2.41. The molecule has 0 radical (unpaired) electrons. The van der Waals surface area contributed by atoms with Crippen molar-refractivity contribution < 1.29 is 24.2 Å². The molecular weight excluding hydrogens is 224 g/mol. The Hall–Kier alpha value is -1.36. The number of hydrogen-bond acceptors (Lipinski definition) is 4. The van der Waals surface area contributed by atoms with Gasteiger partial charge in [0.05, 0.1) is 17.9 Å². The van der Waals surface area contributed by atoms with Gasteiger partial charge in [0.25, 0.3) is 0 Å². The van der Waals surface area contributed by atoms with Gasteiger partial charge in [0.2, 0.25) is 0 Å². The molecule has 1 aliphatic heterocycles. The number of aliphatic carboxylic acids is 1. The first kappa shape index (κ1) is 12.1. The Balaban J connectivity index is 2.03. The molecule has 0 saturated carbocycles. The fourth-order valence-electron chi connectivity index (χ4n) is 2.03. The number of carbonyl (C=O) groups excluding carboxylic acids is 1. The molecule has 5 heteroatoms. The van der Waals surface area contributed by atoms with Gasteiger partial charge in [-0.15, -0.1) is 0 Å². The summed E-state index contributed by atoms with van der Waals surface area (Å²) in [5.74, 6) is -2.03. The highest BCUT2D eigenvalue weighted by atomic mass is 16.6. The second kappa shape index (κ2) is 4.49. The molecule has 0 amide bonds. The Labute approximate surface area is 99.4 Å². The molecule has 0 aromatic heterocycles. The van der Waals surface area contributed by atoms with E-state index in [1.165, 1.54) is 0 Å². The van der Waals surface area contributed by atoms with E-state index < -0.39 is 23.3 Å². The standard InChI is InChI=1S/C12H16O5/c1-12(11(14)15)5-3-2-4-9(12)10(13)17-7-8-6-16-8/h3,5,8-9H,2,4,6-7H2,1H3,(H,14,15). The SMILES string of the molecule is CC1(C(=O)O)C=CCCC1C(=O)OCC1CO1. The third-order valence-electron chi connectivity index (χ3n) is 3.37. The first-order chi connectivity index (χ1) is 8.04. The van der Waals surface area contributed by atoms with Crippen LogP contribution in [0.1, 0.15) is 19.8 Å². The van der Waals surface area contributed by atoms with Gasteiger partial charge in [-0.3, -0.25) is 9.59 Å². The largest absolute Gasteiger partial charge is 0.481 e. The summed E-state index contributed by atoms with van der Waals surface area (Å²) in [6, 6.07) is 0. The van der Waals surface area contributed by atoms with E-state index in [2.05, 4.69) is 0 Å². The third-order valence-corrected chi connectivity index (χ3v) is 3.37. The number of carboxylic acids is 1. The van der Waals surface area contributed by atoms with Gasteiger partial charge in [0, 0.05) is 0 Å². The molecule has 3 atom stereocenters. The Morgan fingerprint density at radius 3 is 2.88 bits per heavy atom. The maximum absolute atomic E-state index is 11.9. The molecule has 2 aliphatic rings. The molecule has 1 heterocycles. The van der Waals surface area contributed by atoms with Crippen LogP contribution in [0.25, 0.3) is 0 Å². The Morgan fingerprint density at radius 2 is 2.29 bits per heavy atom. The van der Waals surface area contributed by atoms with Crippen molar-refractivity contribution in [2.75, 3.05) is 13.2 Å². The van der Waals surface area contributed by atoms with Crippen molar-refractivity contribution in [3.05, 3.63) is 12.2 Å². The summed E-state index contributed by atoms with van der Waals surface area (Å²) in [7, 11) is 0. The molecule has 0 aromatic carbocycles. The number of allylic oxidation sites excluding steroid dienone is 1. The van der Waals surface area contributed by atoms with Crippen LogP contribution >= 0.6 is 0 Å². The maximum Gasteiger partial charge on any atom is 0.314 e. The van der Waals surface area contributed by atoms with Gasteiger partial charge in [-0.05, 0) is 19.8 Å². The van der Waals surface area contributed by atoms with Gasteiger partial charge in [0.15, 0.2) is 0 Å². The predicted molar refractivity (Wildman–Crippen MR) is 58.3 cm³/mol. The van der Waals surface area contributed by atoms with Crippen LogP contribution in [0.3, 0.4) is 0 Å². The molecule has 5 nitrogen and oxygen atoms in total. The van der Waals surface area contributed by atoms with Crippen LogP contribution in [0.5, 0.6) is 0 Å². The van der Waals surface area contributed by atoms with Crippen LogP contribution in [0.2, 0.25) is 0 Å². The first-order valence-corrected chi connectivity index (χ1v) is 5.73. The number of carboxylic acid groups (broad SMARTS) is 1. The molecule has 0 aromatic rings. The smallest absolute Gasteiger partial charge is 0.314 e. The van der Waals surface area contributed by atoms with Crippen molar-refractivity contribution in [2.24, 2.45) is 11.3 Å². The van der Waals surface area contributed by atoms with E-state index in [1.807, 2.05) is 6.08 Å². The lowest BCUT2D eigenvalue weighted by atomic mass is 9.71. The van der Waals surface area contributed by atoms with E-state index in [0.29, 0.717) is 19.4 Å². The Bertz CT molecular complexity index is 358.